The SMILES string of the molecule is N[SH+](=O)c1ccc(Cc2c(-c3ccc(F)c(C#CC4CCC4)c3)nn(-c3nc(C(=O)O)cs3)c2CC2CC2)cc1F. The molecular weight excluding hydrogens is 566 g/mol. The Labute approximate surface area is 242 Å². The van der Waals surface area contributed by atoms with Gasteiger partial charge < -0.3 is 5.11 Å². The highest BCUT2D eigenvalue weighted by atomic mass is 32.2. The van der Waals surface area contributed by atoms with Crippen LogP contribution in [0.15, 0.2) is 46.7 Å². The number of aromatic carboxylic acids is 1. The normalized spacial score (nSPS) is 15.7. The third-order valence-corrected chi connectivity index (χ3v) is 9.20. The summed E-state index contributed by atoms with van der Waals surface area (Å²) in [5.41, 5.74) is 3.68. The van der Waals surface area contributed by atoms with Crippen molar-refractivity contribution in [1.82, 2.24) is 14.8 Å². The van der Waals surface area contributed by atoms with Crippen LogP contribution in [-0.2, 0) is 28.0 Å². The van der Waals surface area contributed by atoms with Gasteiger partial charge in [-0.15, -0.1) is 16.5 Å². The molecule has 0 spiro atoms. The Bertz CT molecular complexity index is 1750. The van der Waals surface area contributed by atoms with E-state index in [0.717, 1.165) is 43.4 Å². The van der Waals surface area contributed by atoms with E-state index in [0.29, 0.717) is 34.3 Å². The van der Waals surface area contributed by atoms with E-state index < -0.39 is 28.6 Å². The van der Waals surface area contributed by atoms with Crippen molar-refractivity contribution in [3.63, 3.8) is 0 Å². The van der Waals surface area contributed by atoms with Gasteiger partial charge in [-0.2, -0.15) is 5.10 Å². The van der Waals surface area contributed by atoms with Gasteiger partial charge in [-0.25, -0.2) is 23.2 Å². The van der Waals surface area contributed by atoms with Crippen LogP contribution < -0.4 is 5.14 Å². The number of carboxylic acid groups (broad SMARTS) is 1. The molecule has 2 aliphatic carbocycles. The summed E-state index contributed by atoms with van der Waals surface area (Å²) in [6.45, 7) is 0. The van der Waals surface area contributed by atoms with Crippen LogP contribution in [0.4, 0.5) is 8.78 Å². The van der Waals surface area contributed by atoms with Gasteiger partial charge >= 0.3 is 5.97 Å². The molecule has 2 heterocycles. The third kappa shape index (κ3) is 5.86. The molecule has 0 bridgehead atoms. The van der Waals surface area contributed by atoms with E-state index in [4.69, 9.17) is 10.2 Å². The molecule has 3 N–H and O–H groups in total. The second kappa shape index (κ2) is 11.3. The first-order valence-electron chi connectivity index (χ1n) is 13.4. The van der Waals surface area contributed by atoms with Gasteiger partial charge in [0.15, 0.2) is 22.5 Å². The summed E-state index contributed by atoms with van der Waals surface area (Å²) in [6.07, 6.45) is 6.25. The number of nitrogens with two attached hydrogens (primary N) is 1. The fourth-order valence-electron chi connectivity index (χ4n) is 4.87. The number of aromatic nitrogens is 3. The highest BCUT2D eigenvalue weighted by molar-refractivity contribution is 7.82. The van der Waals surface area contributed by atoms with Crippen molar-refractivity contribution in [1.29, 1.82) is 0 Å². The first kappa shape index (κ1) is 27.4. The van der Waals surface area contributed by atoms with Crippen LogP contribution in [0.25, 0.3) is 16.4 Å². The predicted molar refractivity (Wildman–Crippen MR) is 153 cm³/mol. The number of hydrogen-bond donors (Lipinski definition) is 2. The quantitative estimate of drug-likeness (QED) is 0.157. The van der Waals surface area contributed by atoms with E-state index in [-0.39, 0.29) is 28.5 Å². The molecule has 0 amide bonds. The fraction of sp³-hybridized carbons (Fsp3) is 0.300. The molecule has 210 valence electrons. The average Bonchev–Trinajstić information content (AvgIpc) is 3.46. The maximum absolute atomic E-state index is 14.8. The van der Waals surface area contributed by atoms with Gasteiger partial charge in [0.2, 0.25) is 10.0 Å². The molecule has 0 aliphatic heterocycles. The zero-order valence-corrected chi connectivity index (χ0v) is 23.7. The van der Waals surface area contributed by atoms with E-state index in [1.54, 1.807) is 22.9 Å². The number of thiol groups is 1. The number of carbonyl (C=O) groups is 1. The molecule has 0 radical (unpaired) electrons. The van der Waals surface area contributed by atoms with Crippen molar-refractivity contribution >= 4 is 28.3 Å². The maximum Gasteiger partial charge on any atom is 0.355 e. The van der Waals surface area contributed by atoms with E-state index in [9.17, 15) is 22.9 Å². The van der Waals surface area contributed by atoms with Crippen molar-refractivity contribution in [2.45, 2.75) is 49.8 Å². The Hall–Kier alpha value is -3.72. The molecule has 41 heavy (non-hydrogen) atoms. The van der Waals surface area contributed by atoms with Crippen molar-refractivity contribution in [2.75, 3.05) is 0 Å². The van der Waals surface area contributed by atoms with E-state index >= 15 is 0 Å². The lowest BCUT2D eigenvalue weighted by atomic mass is 9.86. The summed E-state index contributed by atoms with van der Waals surface area (Å²) in [7, 11) is -2.33. The Morgan fingerprint density at radius 3 is 2.59 bits per heavy atom. The number of carboxylic acids is 1. The van der Waals surface area contributed by atoms with Crippen LogP contribution in [-0.4, -0.2) is 25.8 Å². The molecule has 2 aromatic carbocycles. The number of thiazole rings is 1. The van der Waals surface area contributed by atoms with Crippen molar-refractivity contribution in [3.8, 4) is 28.2 Å². The summed E-state index contributed by atoms with van der Waals surface area (Å²) >= 11 is 1.17. The van der Waals surface area contributed by atoms with Gasteiger partial charge in [0.1, 0.15) is 5.82 Å². The van der Waals surface area contributed by atoms with Crippen LogP contribution >= 0.6 is 11.3 Å². The van der Waals surface area contributed by atoms with Gasteiger partial charge in [-0.3, -0.25) is 0 Å². The first-order chi connectivity index (χ1) is 19.8. The predicted octanol–water partition coefficient (Wildman–Crippen LogP) is 5.60. The van der Waals surface area contributed by atoms with Gasteiger partial charge in [-0.05, 0) is 73.9 Å². The number of halogens is 2. The highest BCUT2D eigenvalue weighted by Crippen LogP contribution is 2.38. The standard InChI is InChI=1S/C30H26F2N4O3S2/c31-23-10-9-21(15-20(23)8-6-17-2-1-3-17)28-22(12-19-7-11-27(41(33)39)24(32)13-19)26(14-18-4-5-18)36(35-28)30-34-25(16-40-30)29(37)38/h7,9-11,13,15-18H,1-5,12,14H2,(H2,33,39)(H,37,38)/p+1. The summed E-state index contributed by atoms with van der Waals surface area (Å²) < 4.78 is 43.0. The second-order valence-electron chi connectivity index (χ2n) is 10.5. The number of nitrogens with zero attached hydrogens (tertiary/aromatic N) is 3. The van der Waals surface area contributed by atoms with E-state index in [1.807, 2.05) is 0 Å². The molecule has 4 aromatic rings. The van der Waals surface area contributed by atoms with E-state index in [1.165, 1.54) is 34.9 Å². The molecule has 7 nitrogen and oxygen atoms in total. The highest BCUT2D eigenvalue weighted by Gasteiger charge is 2.30. The lowest BCUT2D eigenvalue weighted by Gasteiger charge is -2.18. The minimum atomic E-state index is -2.33. The maximum atomic E-state index is 14.8. The lowest BCUT2D eigenvalue weighted by molar-refractivity contribution is 0.0691. The van der Waals surface area contributed by atoms with Crippen molar-refractivity contribution < 1.29 is 22.9 Å². The van der Waals surface area contributed by atoms with Crippen molar-refractivity contribution in [3.05, 3.63) is 81.5 Å². The second-order valence-corrected chi connectivity index (χ2v) is 12.5. The molecule has 0 saturated heterocycles. The molecule has 2 saturated carbocycles. The average molecular weight is 594 g/mol. The molecule has 2 fully saturated rings. The zero-order valence-electron chi connectivity index (χ0n) is 21.9. The molecular formula is C30H27F2N4O3S2+. The Morgan fingerprint density at radius 1 is 1.15 bits per heavy atom. The van der Waals surface area contributed by atoms with Crippen LogP contribution in [0.1, 0.15) is 65.0 Å². The number of hydrogen-bond acceptors (Lipinski definition) is 5. The zero-order chi connectivity index (χ0) is 28.7. The van der Waals surface area contributed by atoms with Crippen LogP contribution in [0.5, 0.6) is 0 Å². The van der Waals surface area contributed by atoms with Gasteiger partial charge in [0.25, 0.3) is 0 Å². The molecule has 6 rings (SSSR count). The fourth-order valence-corrected chi connectivity index (χ4v) is 6.14. The number of rotatable bonds is 8. The minimum absolute atomic E-state index is 0.0462. The van der Waals surface area contributed by atoms with Crippen LogP contribution in [0.3, 0.4) is 0 Å². The van der Waals surface area contributed by atoms with E-state index in [2.05, 4.69) is 16.8 Å². The summed E-state index contributed by atoms with van der Waals surface area (Å²) in [5, 5.41) is 21.7. The largest absolute Gasteiger partial charge is 0.476 e. The molecule has 2 aromatic heterocycles. The van der Waals surface area contributed by atoms with Gasteiger partial charge in [0.05, 0.1) is 17.0 Å². The summed E-state index contributed by atoms with van der Waals surface area (Å²) in [5.74, 6) is 4.69. The molecule has 11 heteroatoms. The summed E-state index contributed by atoms with van der Waals surface area (Å²) in [4.78, 5) is 15.8. The van der Waals surface area contributed by atoms with Gasteiger partial charge in [-0.1, -0.05) is 28.5 Å². The first-order valence-corrected chi connectivity index (χ1v) is 15.6. The van der Waals surface area contributed by atoms with Gasteiger partial charge in [0, 0.05) is 28.8 Å². The third-order valence-electron chi connectivity index (χ3n) is 7.55. The van der Waals surface area contributed by atoms with Crippen LogP contribution in [0, 0.1) is 35.3 Å². The summed E-state index contributed by atoms with van der Waals surface area (Å²) in [6, 6.07) is 9.15. The molecule has 2 aliphatic rings. The molecule has 1 unspecified atom stereocenters. The Kier molecular flexibility index (Phi) is 7.55. The Morgan fingerprint density at radius 2 is 1.95 bits per heavy atom. The molecule has 1 atom stereocenters. The topological polar surface area (TPSA) is 111 Å². The Balaban J connectivity index is 1.50. The smallest absolute Gasteiger partial charge is 0.355 e. The van der Waals surface area contributed by atoms with Crippen LogP contribution in [0.2, 0.25) is 0 Å². The number of benzene rings is 2. The lowest BCUT2D eigenvalue weighted by Crippen LogP contribution is -2.07. The minimum Gasteiger partial charge on any atom is -0.476 e. The monoisotopic (exact) mass is 593 g/mol. The van der Waals surface area contributed by atoms with Crippen molar-refractivity contribution in [2.24, 2.45) is 17.0 Å².